The third-order valence-electron chi connectivity index (χ3n) is 3.20. The second kappa shape index (κ2) is 6.10. The van der Waals surface area contributed by atoms with Crippen molar-refractivity contribution in [2.24, 2.45) is 5.10 Å². The lowest BCUT2D eigenvalue weighted by molar-refractivity contribution is 0.543. The van der Waals surface area contributed by atoms with Gasteiger partial charge in [-0.15, -0.1) is 0 Å². The van der Waals surface area contributed by atoms with E-state index >= 15 is 0 Å². The molecule has 0 atom stereocenters. The monoisotopic (exact) mass is 300 g/mol. The van der Waals surface area contributed by atoms with Crippen LogP contribution in [0.1, 0.15) is 6.92 Å². The summed E-state index contributed by atoms with van der Waals surface area (Å²) >= 11 is 0. The SMILES string of the molecule is C=NN1C=c2c(=C(C#N)C#N)cnn2C=C1C(C)=C(C#N)C#N. The van der Waals surface area contributed by atoms with Gasteiger partial charge in [-0.2, -0.15) is 31.2 Å². The first kappa shape index (κ1) is 15.3. The highest BCUT2D eigenvalue weighted by atomic mass is 15.5. The summed E-state index contributed by atoms with van der Waals surface area (Å²) in [4.78, 5) is 0. The number of hydrazone groups is 1. The summed E-state index contributed by atoms with van der Waals surface area (Å²) in [6.07, 6.45) is 4.46. The normalized spacial score (nSPS) is 11.3. The van der Waals surface area contributed by atoms with E-state index in [-0.39, 0.29) is 11.1 Å². The molecule has 0 bridgehead atoms. The summed E-state index contributed by atoms with van der Waals surface area (Å²) in [5.41, 5.74) is 0.711. The van der Waals surface area contributed by atoms with Crippen LogP contribution in [0.15, 0.2) is 28.1 Å². The minimum Gasteiger partial charge on any atom is -0.238 e. The van der Waals surface area contributed by atoms with Crippen molar-refractivity contribution in [3.8, 4) is 24.3 Å². The second-order valence-corrected chi connectivity index (χ2v) is 4.34. The first-order chi connectivity index (χ1) is 11.1. The Bertz CT molecular complexity index is 1010. The Balaban J connectivity index is 2.81. The molecule has 0 spiro atoms. The smallest absolute Gasteiger partial charge is 0.140 e. The topological polar surface area (TPSA) is 129 Å². The summed E-state index contributed by atoms with van der Waals surface area (Å²) in [6, 6.07) is 7.25. The number of rotatable bonds is 2. The van der Waals surface area contributed by atoms with Gasteiger partial charge in [0.25, 0.3) is 0 Å². The van der Waals surface area contributed by atoms with Gasteiger partial charge in [-0.3, -0.25) is 0 Å². The van der Waals surface area contributed by atoms with E-state index in [1.807, 2.05) is 24.3 Å². The minimum absolute atomic E-state index is 0.0598. The summed E-state index contributed by atoms with van der Waals surface area (Å²) in [6.45, 7) is 5.06. The van der Waals surface area contributed by atoms with Crippen LogP contribution in [0.4, 0.5) is 0 Å². The van der Waals surface area contributed by atoms with E-state index in [0.29, 0.717) is 21.8 Å². The molecule has 0 fully saturated rings. The fourth-order valence-corrected chi connectivity index (χ4v) is 2.01. The fraction of sp³-hybridized carbons (Fsp3) is 0.0667. The molecule has 0 aliphatic carbocycles. The number of hydrogen-bond donors (Lipinski definition) is 0. The van der Waals surface area contributed by atoms with Gasteiger partial charge in [0.1, 0.15) is 35.4 Å². The Morgan fingerprint density at radius 3 is 2.30 bits per heavy atom. The molecule has 0 unspecified atom stereocenters. The summed E-state index contributed by atoms with van der Waals surface area (Å²) in [7, 11) is 0. The quantitative estimate of drug-likeness (QED) is 0.554. The maximum atomic E-state index is 8.99. The van der Waals surface area contributed by atoms with E-state index in [9.17, 15) is 0 Å². The van der Waals surface area contributed by atoms with Crippen LogP contribution < -0.4 is 10.6 Å². The molecule has 0 N–H and O–H groups in total. The highest BCUT2D eigenvalue weighted by Gasteiger charge is 2.18. The predicted octanol–water partition coefficient (Wildman–Crippen LogP) is -0.0878. The summed E-state index contributed by atoms with van der Waals surface area (Å²) in [5, 5.41) is 46.1. The van der Waals surface area contributed by atoms with Crippen molar-refractivity contribution in [1.82, 2.24) is 14.8 Å². The lowest BCUT2D eigenvalue weighted by atomic mass is 10.1. The van der Waals surface area contributed by atoms with Crippen molar-refractivity contribution in [3.63, 3.8) is 0 Å². The number of allylic oxidation sites excluding steroid dienone is 2. The van der Waals surface area contributed by atoms with Crippen molar-refractivity contribution in [2.75, 3.05) is 0 Å². The van der Waals surface area contributed by atoms with Crippen LogP contribution in [-0.2, 0) is 0 Å². The lowest BCUT2D eigenvalue weighted by Gasteiger charge is -2.21. The van der Waals surface area contributed by atoms with Gasteiger partial charge in [0.15, 0.2) is 0 Å². The van der Waals surface area contributed by atoms with Gasteiger partial charge in [-0.1, -0.05) is 0 Å². The van der Waals surface area contributed by atoms with Gasteiger partial charge in [-0.25, -0.2) is 9.69 Å². The zero-order valence-electron chi connectivity index (χ0n) is 12.0. The highest BCUT2D eigenvalue weighted by molar-refractivity contribution is 5.72. The van der Waals surface area contributed by atoms with Crippen LogP contribution in [0.25, 0.3) is 18.0 Å². The van der Waals surface area contributed by atoms with Crippen molar-refractivity contribution >= 4 is 24.7 Å². The molecular formula is C15H8N8. The van der Waals surface area contributed by atoms with E-state index in [0.717, 1.165) is 0 Å². The maximum absolute atomic E-state index is 8.99. The zero-order valence-corrected chi connectivity index (χ0v) is 12.0. The predicted molar refractivity (Wildman–Crippen MR) is 80.2 cm³/mol. The van der Waals surface area contributed by atoms with Crippen molar-refractivity contribution in [2.45, 2.75) is 6.92 Å². The lowest BCUT2D eigenvalue weighted by Crippen LogP contribution is -2.35. The van der Waals surface area contributed by atoms with Crippen LogP contribution in [0.2, 0.25) is 0 Å². The Morgan fingerprint density at radius 2 is 1.78 bits per heavy atom. The molecule has 8 nitrogen and oxygen atoms in total. The van der Waals surface area contributed by atoms with Gasteiger partial charge < -0.3 is 0 Å². The minimum atomic E-state index is -0.0784. The van der Waals surface area contributed by atoms with E-state index in [2.05, 4.69) is 16.9 Å². The van der Waals surface area contributed by atoms with Gasteiger partial charge in [0.05, 0.1) is 34.9 Å². The van der Waals surface area contributed by atoms with Crippen LogP contribution in [-0.4, -0.2) is 21.5 Å². The van der Waals surface area contributed by atoms with E-state index in [1.165, 1.54) is 22.1 Å². The molecule has 2 heterocycles. The van der Waals surface area contributed by atoms with E-state index in [1.54, 1.807) is 13.1 Å². The van der Waals surface area contributed by atoms with E-state index < -0.39 is 0 Å². The fourth-order valence-electron chi connectivity index (χ4n) is 2.01. The number of nitriles is 4. The zero-order chi connectivity index (χ0) is 17.0. The van der Waals surface area contributed by atoms with Gasteiger partial charge in [-0.05, 0) is 6.92 Å². The standard InChI is InChI=1S/C15H8N8/c1-10(11(3-16)4-17)14-8-23-15(9-22(14)20-2)13(7-21-23)12(5-18)6-19/h7-9H,2H2,1H3. The largest absolute Gasteiger partial charge is 0.238 e. The third-order valence-corrected chi connectivity index (χ3v) is 3.20. The van der Waals surface area contributed by atoms with E-state index in [4.69, 9.17) is 21.0 Å². The molecule has 0 amide bonds. The molecule has 1 aromatic heterocycles. The Morgan fingerprint density at radius 1 is 1.13 bits per heavy atom. The summed E-state index contributed by atoms with van der Waals surface area (Å²) in [5.74, 6) is 0. The Hall–Kier alpha value is -4.14. The second-order valence-electron chi connectivity index (χ2n) is 4.34. The number of nitrogens with zero attached hydrogens (tertiary/aromatic N) is 8. The molecule has 23 heavy (non-hydrogen) atoms. The first-order valence-electron chi connectivity index (χ1n) is 6.20. The molecule has 1 aromatic rings. The molecule has 1 aliphatic rings. The molecule has 8 heteroatoms. The molecule has 0 saturated heterocycles. The van der Waals surface area contributed by atoms with Crippen LogP contribution in [0, 0.1) is 45.3 Å². The Labute approximate surface area is 131 Å². The molecule has 2 rings (SSSR count). The summed E-state index contributed by atoms with van der Waals surface area (Å²) < 4.78 is 1.44. The van der Waals surface area contributed by atoms with Crippen LogP contribution in [0.5, 0.6) is 0 Å². The van der Waals surface area contributed by atoms with Gasteiger partial charge >= 0.3 is 0 Å². The molecule has 108 valence electrons. The van der Waals surface area contributed by atoms with Crippen molar-refractivity contribution in [1.29, 1.82) is 21.0 Å². The molecule has 0 aromatic carbocycles. The average molecular weight is 300 g/mol. The maximum Gasteiger partial charge on any atom is 0.140 e. The van der Waals surface area contributed by atoms with Crippen molar-refractivity contribution in [3.05, 3.63) is 33.6 Å². The van der Waals surface area contributed by atoms with Gasteiger partial charge in [0, 0.05) is 12.3 Å². The number of hydrogen-bond acceptors (Lipinski definition) is 7. The molecule has 1 aliphatic heterocycles. The Kier molecular flexibility index (Phi) is 4.04. The molecule has 0 radical (unpaired) electrons. The molecule has 0 saturated carbocycles. The highest BCUT2D eigenvalue weighted by Crippen LogP contribution is 2.21. The van der Waals surface area contributed by atoms with Gasteiger partial charge in [0.2, 0.25) is 0 Å². The van der Waals surface area contributed by atoms with Crippen LogP contribution in [0.3, 0.4) is 0 Å². The number of aromatic nitrogens is 2. The third kappa shape index (κ3) is 2.45. The first-order valence-corrected chi connectivity index (χ1v) is 6.20. The average Bonchev–Trinajstić information content (AvgIpc) is 2.98. The molecular weight excluding hydrogens is 292 g/mol. The van der Waals surface area contributed by atoms with Crippen molar-refractivity contribution < 1.29 is 0 Å². The van der Waals surface area contributed by atoms with Crippen LogP contribution >= 0.6 is 0 Å². The number of fused-ring (bicyclic) bond motifs is 1.